The predicted molar refractivity (Wildman–Crippen MR) is 66.9 cm³/mol. The van der Waals surface area contributed by atoms with Crippen molar-refractivity contribution in [2.45, 2.75) is 43.9 Å². The van der Waals surface area contributed by atoms with Crippen LogP contribution in [0.15, 0.2) is 12.7 Å². The SMILES string of the molecule is C=CC(=O)N1CCC[C@@H]2CC3(CC[C@@H]21)OCCO3. The highest BCUT2D eigenvalue weighted by atomic mass is 16.7. The predicted octanol–water partition coefficient (Wildman–Crippen LogP) is 1.71. The van der Waals surface area contributed by atoms with Gasteiger partial charge in [-0.05, 0) is 31.3 Å². The van der Waals surface area contributed by atoms with E-state index >= 15 is 0 Å². The zero-order valence-electron chi connectivity index (χ0n) is 10.8. The van der Waals surface area contributed by atoms with Gasteiger partial charge in [-0.3, -0.25) is 4.79 Å². The summed E-state index contributed by atoms with van der Waals surface area (Å²) in [7, 11) is 0. The van der Waals surface area contributed by atoms with E-state index in [1.807, 2.05) is 4.90 Å². The lowest BCUT2D eigenvalue weighted by Gasteiger charge is -2.48. The molecule has 1 saturated carbocycles. The van der Waals surface area contributed by atoms with Crippen molar-refractivity contribution in [3.05, 3.63) is 12.7 Å². The Morgan fingerprint density at radius 2 is 2.11 bits per heavy atom. The topological polar surface area (TPSA) is 38.8 Å². The van der Waals surface area contributed by atoms with Gasteiger partial charge in [-0.1, -0.05) is 6.58 Å². The normalized spacial score (nSPS) is 34.3. The monoisotopic (exact) mass is 251 g/mol. The molecule has 0 unspecified atom stereocenters. The second-order valence-corrected chi connectivity index (χ2v) is 5.56. The first-order valence-electron chi connectivity index (χ1n) is 6.95. The lowest BCUT2D eigenvalue weighted by molar-refractivity contribution is -0.201. The van der Waals surface area contributed by atoms with Crippen molar-refractivity contribution in [2.75, 3.05) is 19.8 Å². The zero-order valence-corrected chi connectivity index (χ0v) is 10.8. The van der Waals surface area contributed by atoms with E-state index in [0.29, 0.717) is 25.2 Å². The molecule has 2 atom stereocenters. The van der Waals surface area contributed by atoms with Crippen LogP contribution in [0.1, 0.15) is 32.1 Å². The van der Waals surface area contributed by atoms with Crippen LogP contribution >= 0.6 is 0 Å². The van der Waals surface area contributed by atoms with Gasteiger partial charge in [0.25, 0.3) is 0 Å². The third-order valence-corrected chi connectivity index (χ3v) is 4.58. The number of carbonyl (C=O) groups is 1. The minimum absolute atomic E-state index is 0.0777. The van der Waals surface area contributed by atoms with E-state index in [9.17, 15) is 4.79 Å². The summed E-state index contributed by atoms with van der Waals surface area (Å²) in [4.78, 5) is 13.9. The third-order valence-electron chi connectivity index (χ3n) is 4.58. The van der Waals surface area contributed by atoms with E-state index in [1.54, 1.807) is 0 Å². The number of rotatable bonds is 1. The van der Waals surface area contributed by atoms with Gasteiger partial charge in [0, 0.05) is 25.4 Å². The van der Waals surface area contributed by atoms with Crippen molar-refractivity contribution in [3.8, 4) is 0 Å². The summed E-state index contributed by atoms with van der Waals surface area (Å²) < 4.78 is 11.6. The molecule has 0 aromatic carbocycles. The van der Waals surface area contributed by atoms with Gasteiger partial charge in [-0.2, -0.15) is 0 Å². The van der Waals surface area contributed by atoms with Crippen molar-refractivity contribution >= 4 is 5.91 Å². The molecule has 2 saturated heterocycles. The van der Waals surface area contributed by atoms with Crippen LogP contribution < -0.4 is 0 Å². The van der Waals surface area contributed by atoms with Crippen LogP contribution in [0.4, 0.5) is 0 Å². The number of likely N-dealkylation sites (tertiary alicyclic amines) is 1. The van der Waals surface area contributed by atoms with E-state index in [1.165, 1.54) is 12.5 Å². The number of nitrogens with zero attached hydrogens (tertiary/aromatic N) is 1. The van der Waals surface area contributed by atoms with E-state index < -0.39 is 0 Å². The number of hydrogen-bond acceptors (Lipinski definition) is 3. The average Bonchev–Trinajstić information content (AvgIpc) is 2.85. The van der Waals surface area contributed by atoms with E-state index in [2.05, 4.69) is 6.58 Å². The van der Waals surface area contributed by atoms with Crippen molar-refractivity contribution in [1.29, 1.82) is 0 Å². The molecule has 3 aliphatic rings. The van der Waals surface area contributed by atoms with Gasteiger partial charge in [0.1, 0.15) is 0 Å². The summed E-state index contributed by atoms with van der Waals surface area (Å²) in [5.74, 6) is 0.268. The number of ether oxygens (including phenoxy) is 2. The summed E-state index contributed by atoms with van der Waals surface area (Å²) in [5, 5.41) is 0. The Kier molecular flexibility index (Phi) is 3.16. The molecule has 4 heteroatoms. The Morgan fingerprint density at radius 3 is 2.83 bits per heavy atom. The van der Waals surface area contributed by atoms with Crippen LogP contribution in [0.25, 0.3) is 0 Å². The number of fused-ring (bicyclic) bond motifs is 1. The fraction of sp³-hybridized carbons (Fsp3) is 0.786. The highest BCUT2D eigenvalue weighted by molar-refractivity contribution is 5.87. The molecule has 100 valence electrons. The standard InChI is InChI=1S/C14H21NO3/c1-2-13(16)15-7-3-4-11-10-14(6-5-12(11)15)17-8-9-18-14/h2,11-12H,1,3-10H2/t11-,12+/m1/s1. The fourth-order valence-electron chi connectivity index (χ4n) is 3.79. The lowest BCUT2D eigenvalue weighted by Crippen LogP contribution is -2.54. The molecule has 0 N–H and O–H groups in total. The maximum absolute atomic E-state index is 11.9. The molecule has 1 aliphatic carbocycles. The largest absolute Gasteiger partial charge is 0.348 e. The Morgan fingerprint density at radius 1 is 1.33 bits per heavy atom. The molecule has 3 fully saturated rings. The summed E-state index contributed by atoms with van der Waals surface area (Å²) >= 11 is 0. The zero-order chi connectivity index (χ0) is 12.6. The Bertz CT molecular complexity index is 349. The lowest BCUT2D eigenvalue weighted by atomic mass is 9.75. The Labute approximate surface area is 108 Å². The molecule has 0 aromatic heterocycles. The van der Waals surface area contributed by atoms with Crippen LogP contribution in [-0.4, -0.2) is 42.4 Å². The molecule has 0 bridgehead atoms. The molecule has 0 aromatic rings. The molecule has 4 nitrogen and oxygen atoms in total. The second kappa shape index (κ2) is 4.67. The second-order valence-electron chi connectivity index (χ2n) is 5.56. The molecule has 2 heterocycles. The number of carbonyl (C=O) groups excluding carboxylic acids is 1. The minimum atomic E-state index is -0.332. The molecule has 1 amide bonds. The number of piperidine rings is 1. The van der Waals surface area contributed by atoms with Gasteiger partial charge in [-0.25, -0.2) is 0 Å². The van der Waals surface area contributed by atoms with E-state index in [-0.39, 0.29) is 11.7 Å². The minimum Gasteiger partial charge on any atom is -0.348 e. The van der Waals surface area contributed by atoms with Gasteiger partial charge < -0.3 is 14.4 Å². The van der Waals surface area contributed by atoms with Gasteiger partial charge in [-0.15, -0.1) is 0 Å². The maximum Gasteiger partial charge on any atom is 0.246 e. The molecule has 1 spiro atoms. The van der Waals surface area contributed by atoms with Crippen LogP contribution in [0.5, 0.6) is 0 Å². The van der Waals surface area contributed by atoms with Gasteiger partial charge in [0.05, 0.1) is 13.2 Å². The van der Waals surface area contributed by atoms with E-state index in [0.717, 1.165) is 32.2 Å². The average molecular weight is 251 g/mol. The molecule has 18 heavy (non-hydrogen) atoms. The first-order valence-corrected chi connectivity index (χ1v) is 6.95. The number of hydrogen-bond donors (Lipinski definition) is 0. The van der Waals surface area contributed by atoms with Crippen LogP contribution in [0.2, 0.25) is 0 Å². The van der Waals surface area contributed by atoms with Crippen molar-refractivity contribution in [2.24, 2.45) is 5.92 Å². The summed E-state index contributed by atoms with van der Waals surface area (Å²) in [6, 6.07) is 0.364. The Balaban J connectivity index is 1.73. The van der Waals surface area contributed by atoms with E-state index in [4.69, 9.17) is 9.47 Å². The highest BCUT2D eigenvalue weighted by Gasteiger charge is 2.47. The maximum atomic E-state index is 11.9. The van der Waals surface area contributed by atoms with Gasteiger partial charge in [0.2, 0.25) is 5.91 Å². The molecule has 2 aliphatic heterocycles. The fourth-order valence-corrected chi connectivity index (χ4v) is 3.79. The quantitative estimate of drug-likeness (QED) is 0.666. The van der Waals surface area contributed by atoms with Crippen molar-refractivity contribution in [3.63, 3.8) is 0 Å². The van der Waals surface area contributed by atoms with Crippen LogP contribution in [-0.2, 0) is 14.3 Å². The summed E-state index contributed by atoms with van der Waals surface area (Å²) in [6.07, 6.45) is 6.55. The highest BCUT2D eigenvalue weighted by Crippen LogP contribution is 2.44. The van der Waals surface area contributed by atoms with Crippen molar-refractivity contribution < 1.29 is 14.3 Å². The smallest absolute Gasteiger partial charge is 0.246 e. The first-order chi connectivity index (χ1) is 8.74. The summed E-state index contributed by atoms with van der Waals surface area (Å²) in [5.41, 5.74) is 0. The first kappa shape index (κ1) is 12.2. The molecular formula is C14H21NO3. The third kappa shape index (κ3) is 1.97. The van der Waals surface area contributed by atoms with Crippen LogP contribution in [0.3, 0.4) is 0 Å². The Hall–Kier alpha value is -0.870. The van der Waals surface area contributed by atoms with Crippen molar-refractivity contribution in [1.82, 2.24) is 4.90 Å². The molecule has 0 radical (unpaired) electrons. The van der Waals surface area contributed by atoms with Crippen LogP contribution in [0, 0.1) is 5.92 Å². The number of amides is 1. The molecule has 3 rings (SSSR count). The molecular weight excluding hydrogens is 230 g/mol. The summed E-state index contributed by atoms with van der Waals surface area (Å²) in [6.45, 7) is 5.91. The van der Waals surface area contributed by atoms with Gasteiger partial charge >= 0.3 is 0 Å². The van der Waals surface area contributed by atoms with Gasteiger partial charge in [0.15, 0.2) is 5.79 Å².